The molecule has 5 nitrogen and oxygen atoms in total. The van der Waals surface area contributed by atoms with Gasteiger partial charge in [-0.1, -0.05) is 12.1 Å². The molecule has 0 aliphatic heterocycles. The van der Waals surface area contributed by atoms with Gasteiger partial charge in [0.05, 0.1) is 11.0 Å². The van der Waals surface area contributed by atoms with Crippen LogP contribution in [-0.4, -0.2) is 27.7 Å². The molecular weight excluding hydrogens is 252 g/mol. The van der Waals surface area contributed by atoms with Gasteiger partial charge in [-0.3, -0.25) is 0 Å². The molecule has 0 amide bonds. The number of nitrogens with two attached hydrogens (primary N) is 1. The number of primary sulfonamides is 1. The minimum absolute atomic E-state index is 0.148. The molecule has 0 unspecified atom stereocenters. The van der Waals surface area contributed by atoms with Crippen molar-refractivity contribution in [3.05, 3.63) is 29.8 Å². The molecule has 100 valence electrons. The first-order valence-electron chi connectivity index (χ1n) is 5.87. The van der Waals surface area contributed by atoms with E-state index in [4.69, 9.17) is 9.88 Å². The zero-order valence-corrected chi connectivity index (χ0v) is 11.1. The third-order valence-corrected chi connectivity index (χ3v) is 4.20. The first-order valence-corrected chi connectivity index (χ1v) is 7.41. The molecule has 1 saturated carbocycles. The van der Waals surface area contributed by atoms with E-state index in [2.05, 4.69) is 5.32 Å². The largest absolute Gasteiger partial charge is 0.381 e. The van der Waals surface area contributed by atoms with Crippen molar-refractivity contribution in [2.24, 2.45) is 5.14 Å². The Kier molecular flexibility index (Phi) is 4.01. The van der Waals surface area contributed by atoms with Crippen LogP contribution >= 0.6 is 0 Å². The number of ether oxygens (including phenoxy) is 1. The van der Waals surface area contributed by atoms with Crippen LogP contribution in [-0.2, 0) is 21.3 Å². The standard InChI is InChI=1S/C12H18N2O3S/c1-17-11-6-10(7-11)14-8-9-2-4-12(5-3-9)18(13,15)16/h2-5,10-11,14H,6-8H2,1H3,(H2,13,15,16). The second-order valence-corrected chi connectivity index (χ2v) is 6.16. The van der Waals surface area contributed by atoms with Crippen LogP contribution in [0.25, 0.3) is 0 Å². The maximum absolute atomic E-state index is 11.1. The molecule has 0 radical (unpaired) electrons. The quantitative estimate of drug-likeness (QED) is 0.821. The molecule has 1 fully saturated rings. The molecule has 0 bridgehead atoms. The van der Waals surface area contributed by atoms with Gasteiger partial charge in [0.15, 0.2) is 0 Å². The van der Waals surface area contributed by atoms with Crippen LogP contribution in [0.4, 0.5) is 0 Å². The highest BCUT2D eigenvalue weighted by atomic mass is 32.2. The van der Waals surface area contributed by atoms with Crippen molar-refractivity contribution in [3.63, 3.8) is 0 Å². The average Bonchev–Trinajstić information content (AvgIpc) is 2.27. The van der Waals surface area contributed by atoms with Gasteiger partial charge in [0.2, 0.25) is 10.0 Å². The number of methoxy groups -OCH3 is 1. The fraction of sp³-hybridized carbons (Fsp3) is 0.500. The summed E-state index contributed by atoms with van der Waals surface area (Å²) < 4.78 is 27.4. The predicted molar refractivity (Wildman–Crippen MR) is 68.5 cm³/mol. The lowest BCUT2D eigenvalue weighted by Gasteiger charge is -2.34. The molecule has 0 spiro atoms. The summed E-state index contributed by atoms with van der Waals surface area (Å²) in [5.41, 5.74) is 1.04. The molecule has 6 heteroatoms. The van der Waals surface area contributed by atoms with E-state index in [-0.39, 0.29) is 4.90 Å². The maximum Gasteiger partial charge on any atom is 0.238 e. The molecule has 0 atom stereocenters. The van der Waals surface area contributed by atoms with Crippen molar-refractivity contribution >= 4 is 10.0 Å². The summed E-state index contributed by atoms with van der Waals surface area (Å²) in [6, 6.07) is 7.11. The zero-order valence-electron chi connectivity index (χ0n) is 10.3. The van der Waals surface area contributed by atoms with E-state index in [0.717, 1.165) is 24.9 Å². The predicted octanol–water partition coefficient (Wildman–Crippen LogP) is 0.601. The lowest BCUT2D eigenvalue weighted by atomic mass is 9.89. The van der Waals surface area contributed by atoms with Crippen LogP contribution in [0.15, 0.2) is 29.2 Å². The highest BCUT2D eigenvalue weighted by molar-refractivity contribution is 7.89. The molecular formula is C12H18N2O3S. The van der Waals surface area contributed by atoms with E-state index in [9.17, 15) is 8.42 Å². The van der Waals surface area contributed by atoms with Crippen LogP contribution in [0.3, 0.4) is 0 Å². The van der Waals surface area contributed by atoms with Gasteiger partial charge in [-0.15, -0.1) is 0 Å². The second-order valence-electron chi connectivity index (χ2n) is 4.60. The molecule has 18 heavy (non-hydrogen) atoms. The highest BCUT2D eigenvalue weighted by Gasteiger charge is 2.28. The monoisotopic (exact) mass is 270 g/mol. The van der Waals surface area contributed by atoms with Gasteiger partial charge in [0.1, 0.15) is 0 Å². The van der Waals surface area contributed by atoms with E-state index >= 15 is 0 Å². The number of nitrogens with one attached hydrogen (secondary N) is 1. The Hall–Kier alpha value is -0.950. The first-order chi connectivity index (χ1) is 8.49. The van der Waals surface area contributed by atoms with Crippen molar-refractivity contribution in [1.82, 2.24) is 5.32 Å². The fourth-order valence-corrected chi connectivity index (χ4v) is 2.50. The highest BCUT2D eigenvalue weighted by Crippen LogP contribution is 2.22. The van der Waals surface area contributed by atoms with E-state index in [1.165, 1.54) is 12.1 Å². The number of rotatable bonds is 5. The van der Waals surface area contributed by atoms with Crippen molar-refractivity contribution < 1.29 is 13.2 Å². The summed E-state index contributed by atoms with van der Waals surface area (Å²) in [4.78, 5) is 0.148. The van der Waals surface area contributed by atoms with Gasteiger partial charge < -0.3 is 10.1 Å². The van der Waals surface area contributed by atoms with Crippen molar-refractivity contribution in [2.45, 2.75) is 36.4 Å². The lowest BCUT2D eigenvalue weighted by Crippen LogP contribution is -2.44. The Labute approximate surface area is 107 Å². The minimum atomic E-state index is -3.59. The van der Waals surface area contributed by atoms with Crippen LogP contribution in [0, 0.1) is 0 Å². The summed E-state index contributed by atoms with van der Waals surface area (Å²) in [7, 11) is -1.86. The Morgan fingerprint density at radius 2 is 1.94 bits per heavy atom. The van der Waals surface area contributed by atoms with Crippen LogP contribution in [0.1, 0.15) is 18.4 Å². The Morgan fingerprint density at radius 3 is 2.44 bits per heavy atom. The summed E-state index contributed by atoms with van der Waals surface area (Å²) in [6.45, 7) is 0.728. The molecule has 3 N–H and O–H groups in total. The maximum atomic E-state index is 11.1. The van der Waals surface area contributed by atoms with E-state index in [1.807, 2.05) is 0 Å². The summed E-state index contributed by atoms with van der Waals surface area (Å²) in [6.07, 6.45) is 2.45. The SMILES string of the molecule is COC1CC(NCc2ccc(S(N)(=O)=O)cc2)C1. The Morgan fingerprint density at radius 1 is 1.33 bits per heavy atom. The molecule has 1 aliphatic rings. The molecule has 1 aromatic rings. The molecule has 1 aromatic carbocycles. The molecule has 2 rings (SSSR count). The van der Waals surface area contributed by atoms with Crippen molar-refractivity contribution in [3.8, 4) is 0 Å². The molecule has 0 heterocycles. The van der Waals surface area contributed by atoms with Crippen molar-refractivity contribution in [2.75, 3.05) is 7.11 Å². The third kappa shape index (κ3) is 3.29. The van der Waals surface area contributed by atoms with Gasteiger partial charge in [-0.05, 0) is 30.5 Å². The summed E-state index contributed by atoms with van der Waals surface area (Å²) >= 11 is 0. The van der Waals surface area contributed by atoms with E-state index < -0.39 is 10.0 Å². The van der Waals surface area contributed by atoms with Crippen LogP contribution in [0.5, 0.6) is 0 Å². The normalized spacial score (nSPS) is 23.7. The number of benzene rings is 1. The lowest BCUT2D eigenvalue weighted by molar-refractivity contribution is 0.0170. The topological polar surface area (TPSA) is 81.4 Å². The van der Waals surface area contributed by atoms with Gasteiger partial charge >= 0.3 is 0 Å². The fourth-order valence-electron chi connectivity index (χ4n) is 1.98. The third-order valence-electron chi connectivity index (χ3n) is 3.27. The first kappa shape index (κ1) is 13.5. The Balaban J connectivity index is 1.84. The zero-order chi connectivity index (χ0) is 13.2. The van der Waals surface area contributed by atoms with E-state index in [0.29, 0.717) is 12.1 Å². The Bertz CT molecular complexity index is 493. The minimum Gasteiger partial charge on any atom is -0.381 e. The van der Waals surface area contributed by atoms with Gasteiger partial charge in [-0.25, -0.2) is 13.6 Å². The van der Waals surface area contributed by atoms with Gasteiger partial charge in [-0.2, -0.15) is 0 Å². The van der Waals surface area contributed by atoms with Gasteiger partial charge in [0.25, 0.3) is 0 Å². The summed E-state index contributed by atoms with van der Waals surface area (Å²) in [5.74, 6) is 0. The molecule has 1 aliphatic carbocycles. The number of sulfonamides is 1. The molecule has 0 aromatic heterocycles. The second kappa shape index (κ2) is 5.36. The van der Waals surface area contributed by atoms with Crippen LogP contribution in [0.2, 0.25) is 0 Å². The van der Waals surface area contributed by atoms with Crippen molar-refractivity contribution in [1.29, 1.82) is 0 Å². The number of hydrogen-bond acceptors (Lipinski definition) is 4. The smallest absolute Gasteiger partial charge is 0.238 e. The summed E-state index contributed by atoms with van der Waals surface area (Å²) in [5, 5.41) is 8.43. The van der Waals surface area contributed by atoms with Gasteiger partial charge in [0, 0.05) is 19.7 Å². The van der Waals surface area contributed by atoms with Crippen LogP contribution < -0.4 is 10.5 Å². The van der Waals surface area contributed by atoms with E-state index in [1.54, 1.807) is 19.2 Å². The number of hydrogen-bond donors (Lipinski definition) is 2. The average molecular weight is 270 g/mol. The molecule has 0 saturated heterocycles.